The van der Waals surface area contributed by atoms with Crippen molar-refractivity contribution in [2.45, 2.75) is 19.6 Å². The highest BCUT2D eigenvalue weighted by Crippen LogP contribution is 2.21. The lowest BCUT2D eigenvalue weighted by Gasteiger charge is -2.09. The Morgan fingerprint density at radius 3 is 2.48 bits per heavy atom. The highest BCUT2D eigenvalue weighted by atomic mass is 35.5. The van der Waals surface area contributed by atoms with E-state index in [0.29, 0.717) is 17.1 Å². The Balaban J connectivity index is 1.96. The van der Waals surface area contributed by atoms with Crippen molar-refractivity contribution in [1.82, 2.24) is 5.32 Å². The third kappa shape index (κ3) is 4.21. The monoisotopic (exact) mass is 305 g/mol. The van der Waals surface area contributed by atoms with Crippen molar-refractivity contribution in [2.24, 2.45) is 0 Å². The van der Waals surface area contributed by atoms with Gasteiger partial charge in [0.1, 0.15) is 5.75 Å². The highest BCUT2D eigenvalue weighted by molar-refractivity contribution is 6.31. The topological polar surface area (TPSA) is 69.6 Å². The molecule has 0 bridgehead atoms. The van der Waals surface area contributed by atoms with Gasteiger partial charge in [-0.1, -0.05) is 41.9 Å². The first-order valence-electron chi connectivity index (χ1n) is 6.52. The average molecular weight is 306 g/mol. The van der Waals surface area contributed by atoms with Crippen LogP contribution in [0, 0.1) is 0 Å². The Hall–Kier alpha value is -2.04. The van der Waals surface area contributed by atoms with Gasteiger partial charge in [-0.2, -0.15) is 0 Å². The largest absolute Gasteiger partial charge is 0.508 e. The molecule has 4 nitrogen and oxygen atoms in total. The van der Waals surface area contributed by atoms with E-state index in [4.69, 9.17) is 11.6 Å². The van der Waals surface area contributed by atoms with Crippen molar-refractivity contribution in [3.05, 3.63) is 64.2 Å². The van der Waals surface area contributed by atoms with E-state index in [1.54, 1.807) is 6.07 Å². The van der Waals surface area contributed by atoms with Crippen LogP contribution in [0.4, 0.5) is 0 Å². The molecule has 0 fully saturated rings. The smallest absolute Gasteiger partial charge is 0.224 e. The SMILES string of the molecule is O=C(Cc1ccc(O)cc1Cl)NCc1ccccc1CO. The van der Waals surface area contributed by atoms with Gasteiger partial charge in [-0.15, -0.1) is 0 Å². The van der Waals surface area contributed by atoms with Gasteiger partial charge in [-0.25, -0.2) is 0 Å². The van der Waals surface area contributed by atoms with Gasteiger partial charge in [0.25, 0.3) is 0 Å². The fraction of sp³-hybridized carbons (Fsp3) is 0.188. The molecule has 0 aliphatic carbocycles. The Bertz CT molecular complexity index is 643. The van der Waals surface area contributed by atoms with Crippen molar-refractivity contribution in [1.29, 1.82) is 0 Å². The molecule has 5 heteroatoms. The van der Waals surface area contributed by atoms with Crippen LogP contribution in [0.3, 0.4) is 0 Å². The number of rotatable bonds is 5. The molecule has 0 atom stereocenters. The highest BCUT2D eigenvalue weighted by Gasteiger charge is 2.08. The number of aliphatic hydroxyl groups excluding tert-OH is 1. The van der Waals surface area contributed by atoms with E-state index >= 15 is 0 Å². The number of hydrogen-bond donors (Lipinski definition) is 3. The van der Waals surface area contributed by atoms with Gasteiger partial charge < -0.3 is 15.5 Å². The number of hydrogen-bond acceptors (Lipinski definition) is 3. The van der Waals surface area contributed by atoms with Crippen molar-refractivity contribution in [2.75, 3.05) is 0 Å². The van der Waals surface area contributed by atoms with Gasteiger partial charge >= 0.3 is 0 Å². The third-order valence-corrected chi connectivity index (χ3v) is 3.50. The van der Waals surface area contributed by atoms with E-state index in [-0.39, 0.29) is 24.7 Å². The second kappa shape index (κ2) is 7.11. The van der Waals surface area contributed by atoms with Crippen LogP contribution in [0.2, 0.25) is 5.02 Å². The zero-order chi connectivity index (χ0) is 15.2. The third-order valence-electron chi connectivity index (χ3n) is 3.15. The molecule has 0 saturated heterocycles. The Morgan fingerprint density at radius 1 is 1.10 bits per heavy atom. The van der Waals surface area contributed by atoms with Crippen LogP contribution >= 0.6 is 11.6 Å². The van der Waals surface area contributed by atoms with Crippen LogP contribution in [0.15, 0.2) is 42.5 Å². The van der Waals surface area contributed by atoms with E-state index in [0.717, 1.165) is 11.1 Å². The molecule has 21 heavy (non-hydrogen) atoms. The molecule has 0 aromatic heterocycles. The van der Waals surface area contributed by atoms with Gasteiger partial charge in [-0.3, -0.25) is 4.79 Å². The number of aromatic hydroxyl groups is 1. The summed E-state index contributed by atoms with van der Waals surface area (Å²) in [6, 6.07) is 11.9. The standard InChI is InChI=1S/C16H16ClNO3/c17-15-8-14(20)6-5-11(15)7-16(21)18-9-12-3-1-2-4-13(12)10-19/h1-6,8,19-20H,7,9-10H2,(H,18,21). The first kappa shape index (κ1) is 15.4. The summed E-state index contributed by atoms with van der Waals surface area (Å²) in [5, 5.41) is 21.7. The average Bonchev–Trinajstić information content (AvgIpc) is 2.48. The normalized spacial score (nSPS) is 10.4. The summed E-state index contributed by atoms with van der Waals surface area (Å²) in [6.07, 6.45) is 0.139. The summed E-state index contributed by atoms with van der Waals surface area (Å²) in [5.74, 6) is -0.101. The number of aliphatic hydroxyl groups is 1. The number of nitrogens with one attached hydrogen (secondary N) is 1. The number of phenols is 1. The molecule has 110 valence electrons. The van der Waals surface area contributed by atoms with Gasteiger partial charge in [0, 0.05) is 11.6 Å². The minimum Gasteiger partial charge on any atom is -0.508 e. The van der Waals surface area contributed by atoms with Gasteiger partial charge in [0.15, 0.2) is 0 Å². The van der Waals surface area contributed by atoms with Crippen molar-refractivity contribution in [3.63, 3.8) is 0 Å². The second-order valence-corrected chi connectivity index (χ2v) is 5.06. The minimum atomic E-state index is -0.171. The molecule has 2 rings (SSSR count). The molecule has 0 heterocycles. The molecule has 0 unspecified atom stereocenters. The van der Waals surface area contributed by atoms with Gasteiger partial charge in [-0.05, 0) is 28.8 Å². The maximum atomic E-state index is 11.9. The van der Waals surface area contributed by atoms with Crippen LogP contribution in [0.5, 0.6) is 5.75 Å². The lowest BCUT2D eigenvalue weighted by atomic mass is 10.1. The zero-order valence-corrected chi connectivity index (χ0v) is 12.1. The Kier molecular flexibility index (Phi) is 5.20. The lowest BCUT2D eigenvalue weighted by Crippen LogP contribution is -2.25. The zero-order valence-electron chi connectivity index (χ0n) is 11.3. The predicted octanol–water partition coefficient (Wildman–Crippen LogP) is 2.40. The van der Waals surface area contributed by atoms with Crippen molar-refractivity contribution >= 4 is 17.5 Å². The fourth-order valence-electron chi connectivity index (χ4n) is 1.99. The fourth-order valence-corrected chi connectivity index (χ4v) is 2.23. The first-order chi connectivity index (χ1) is 10.1. The maximum absolute atomic E-state index is 11.9. The molecule has 0 radical (unpaired) electrons. The van der Waals surface area contributed by atoms with E-state index in [9.17, 15) is 15.0 Å². The quantitative estimate of drug-likeness (QED) is 0.794. The van der Waals surface area contributed by atoms with Crippen molar-refractivity contribution in [3.8, 4) is 5.75 Å². The molecule has 2 aromatic carbocycles. The van der Waals surface area contributed by atoms with E-state index in [1.807, 2.05) is 24.3 Å². The van der Waals surface area contributed by atoms with Crippen LogP contribution in [0.25, 0.3) is 0 Å². The van der Waals surface area contributed by atoms with E-state index < -0.39 is 0 Å². The van der Waals surface area contributed by atoms with Gasteiger partial charge in [0.2, 0.25) is 5.91 Å². The summed E-state index contributed by atoms with van der Waals surface area (Å²) in [6.45, 7) is 0.293. The molecular weight excluding hydrogens is 290 g/mol. The van der Waals surface area contributed by atoms with Gasteiger partial charge in [0.05, 0.1) is 13.0 Å². The lowest BCUT2D eigenvalue weighted by molar-refractivity contribution is -0.120. The number of carbonyl (C=O) groups is 1. The van der Waals surface area contributed by atoms with Crippen LogP contribution < -0.4 is 5.32 Å². The number of amides is 1. The molecule has 1 amide bonds. The van der Waals surface area contributed by atoms with Crippen LogP contribution in [-0.4, -0.2) is 16.1 Å². The summed E-state index contributed by atoms with van der Waals surface area (Å²) in [4.78, 5) is 11.9. The summed E-state index contributed by atoms with van der Waals surface area (Å²) in [7, 11) is 0. The summed E-state index contributed by atoms with van der Waals surface area (Å²) in [5.41, 5.74) is 2.33. The second-order valence-electron chi connectivity index (χ2n) is 4.66. The summed E-state index contributed by atoms with van der Waals surface area (Å²) >= 11 is 5.97. The minimum absolute atomic E-state index is 0.0597. The van der Waals surface area contributed by atoms with Crippen molar-refractivity contribution < 1.29 is 15.0 Å². The van der Waals surface area contributed by atoms with Crippen LogP contribution in [0.1, 0.15) is 16.7 Å². The predicted molar refractivity (Wildman–Crippen MR) is 81.0 cm³/mol. The van der Waals surface area contributed by atoms with E-state index in [1.165, 1.54) is 12.1 Å². The number of benzene rings is 2. The first-order valence-corrected chi connectivity index (χ1v) is 6.89. The molecule has 0 saturated carbocycles. The molecule has 2 aromatic rings. The number of phenolic OH excluding ortho intramolecular Hbond substituents is 1. The Labute approximate surface area is 128 Å². The number of halogens is 1. The number of carbonyl (C=O) groups excluding carboxylic acids is 1. The molecule has 3 N–H and O–H groups in total. The molecule has 0 aliphatic heterocycles. The Morgan fingerprint density at radius 2 is 1.81 bits per heavy atom. The van der Waals surface area contributed by atoms with Crippen LogP contribution in [-0.2, 0) is 24.4 Å². The summed E-state index contributed by atoms with van der Waals surface area (Å²) < 4.78 is 0. The molecular formula is C16H16ClNO3. The van der Waals surface area contributed by atoms with E-state index in [2.05, 4.69) is 5.32 Å². The molecule has 0 aliphatic rings. The maximum Gasteiger partial charge on any atom is 0.224 e. The molecule has 0 spiro atoms.